The molecular formula is C10H9ClO3. The first-order valence-corrected chi connectivity index (χ1v) is 4.29. The molecule has 0 radical (unpaired) electrons. The van der Waals surface area contributed by atoms with Crippen molar-refractivity contribution in [2.75, 3.05) is 0 Å². The Morgan fingerprint density at radius 1 is 1.43 bits per heavy atom. The van der Waals surface area contributed by atoms with E-state index in [0.717, 1.165) is 0 Å². The third-order valence-corrected chi connectivity index (χ3v) is 1.91. The van der Waals surface area contributed by atoms with E-state index in [-0.39, 0.29) is 11.1 Å². The Bertz CT molecular complexity index is 390. The zero-order valence-corrected chi connectivity index (χ0v) is 7.99. The first kappa shape index (κ1) is 9.37. The van der Waals surface area contributed by atoms with Gasteiger partial charge in [0.2, 0.25) is 5.78 Å². The first-order chi connectivity index (χ1) is 7.07. The number of carbonyl (C=O) groups excluding carboxylic acids is 2. The fraction of sp³-hybridized carbons (Fsp3) is 0.200. The van der Waals surface area contributed by atoms with Gasteiger partial charge in [-0.1, -0.05) is 35.9 Å². The molecule has 1 unspecified atom stereocenters. The number of alkyl halides is 1. The van der Waals surface area contributed by atoms with Crippen LogP contribution in [0.3, 0.4) is 0 Å². The zero-order valence-electron chi connectivity index (χ0n) is 8.24. The summed E-state index contributed by atoms with van der Waals surface area (Å²) in [5, 5.41) is 8.91. The molecule has 0 saturated carbocycles. The van der Waals surface area contributed by atoms with E-state index in [4.69, 9.17) is 18.1 Å². The van der Waals surface area contributed by atoms with Crippen molar-refractivity contribution in [2.45, 2.75) is 12.5 Å². The predicted molar refractivity (Wildman–Crippen MR) is 52.6 cm³/mol. The van der Waals surface area contributed by atoms with Crippen LogP contribution in [-0.2, 0) is 0 Å². The van der Waals surface area contributed by atoms with Crippen molar-refractivity contribution < 1.29 is 16.1 Å². The molecule has 0 heterocycles. The van der Waals surface area contributed by atoms with Crippen molar-refractivity contribution in [3.63, 3.8) is 0 Å². The Labute approximate surface area is 87.7 Å². The Kier molecular flexibility index (Phi) is 2.91. The fourth-order valence-electron chi connectivity index (χ4n) is 1.07. The molecule has 0 aromatic heterocycles. The number of rotatable bonds is 3. The first-order valence-electron chi connectivity index (χ1n) is 4.56. The molecule has 4 heteroatoms. The molecule has 0 aliphatic carbocycles. The molecular weight excluding hydrogens is 204 g/mol. The summed E-state index contributed by atoms with van der Waals surface area (Å²) in [7, 11) is 0. The number of carbonyl (C=O) groups is 2. The maximum atomic E-state index is 11.4. The van der Waals surface area contributed by atoms with Gasteiger partial charge in [-0.15, -0.1) is 0 Å². The van der Waals surface area contributed by atoms with Crippen LogP contribution in [0.2, 0.25) is 0 Å². The summed E-state index contributed by atoms with van der Waals surface area (Å²) in [5.41, 5.74) is -1.49. The SMILES string of the molecule is [2H]CC(=O)c1ccccc1C(=O)C(O)Cl. The molecule has 1 atom stereocenters. The maximum Gasteiger partial charge on any atom is 0.207 e. The van der Waals surface area contributed by atoms with Gasteiger partial charge in [0.05, 0.1) is 0 Å². The third kappa shape index (κ3) is 2.19. The molecule has 74 valence electrons. The lowest BCUT2D eigenvalue weighted by molar-refractivity contribution is 0.0853. The van der Waals surface area contributed by atoms with Crippen LogP contribution in [-0.4, -0.2) is 22.2 Å². The Morgan fingerprint density at radius 3 is 2.50 bits per heavy atom. The lowest BCUT2D eigenvalue weighted by Gasteiger charge is -2.05. The molecule has 0 aliphatic heterocycles. The second-order valence-corrected chi connectivity index (χ2v) is 3.08. The van der Waals surface area contributed by atoms with Gasteiger partial charge in [-0.3, -0.25) is 9.59 Å². The standard InChI is InChI=1S/C10H9ClO3/c1-6(12)7-4-2-3-5-8(7)9(13)10(11)14/h2-5,10,14H,1H3/i1D. The topological polar surface area (TPSA) is 54.4 Å². The quantitative estimate of drug-likeness (QED) is 0.613. The number of halogens is 1. The minimum Gasteiger partial charge on any atom is -0.371 e. The number of benzene rings is 1. The van der Waals surface area contributed by atoms with E-state index in [2.05, 4.69) is 0 Å². The van der Waals surface area contributed by atoms with E-state index in [1.54, 1.807) is 12.1 Å². The molecule has 0 aliphatic rings. The van der Waals surface area contributed by atoms with Gasteiger partial charge in [-0.25, -0.2) is 0 Å². The Balaban J connectivity index is 3.18. The summed E-state index contributed by atoms with van der Waals surface area (Å²) in [5.74, 6) is -1.20. The third-order valence-electron chi connectivity index (χ3n) is 1.71. The van der Waals surface area contributed by atoms with E-state index in [1.807, 2.05) is 0 Å². The van der Waals surface area contributed by atoms with Crippen LogP contribution >= 0.6 is 11.6 Å². The summed E-state index contributed by atoms with van der Waals surface area (Å²) in [6, 6.07) is 5.98. The van der Waals surface area contributed by atoms with Gasteiger partial charge in [0.15, 0.2) is 11.3 Å². The van der Waals surface area contributed by atoms with Crippen LogP contribution in [0.1, 0.15) is 29.0 Å². The summed E-state index contributed by atoms with van der Waals surface area (Å²) in [6.45, 7) is -0.442. The largest absolute Gasteiger partial charge is 0.371 e. The van der Waals surface area contributed by atoms with Crippen molar-refractivity contribution in [1.82, 2.24) is 0 Å². The number of hydrogen-bond acceptors (Lipinski definition) is 3. The van der Waals surface area contributed by atoms with Gasteiger partial charge < -0.3 is 5.11 Å². The van der Waals surface area contributed by atoms with E-state index in [0.29, 0.717) is 0 Å². The highest BCUT2D eigenvalue weighted by Gasteiger charge is 2.18. The summed E-state index contributed by atoms with van der Waals surface area (Å²) in [4.78, 5) is 22.7. The molecule has 1 N–H and O–H groups in total. The molecule has 0 saturated heterocycles. The van der Waals surface area contributed by atoms with Crippen molar-refractivity contribution in [3.8, 4) is 0 Å². The number of Topliss-reactive ketones (excluding diaryl/α,β-unsaturated/α-hetero) is 2. The molecule has 1 aromatic carbocycles. The summed E-state index contributed by atoms with van der Waals surface area (Å²) in [6.07, 6.45) is 0. The van der Waals surface area contributed by atoms with Crippen LogP contribution in [0.15, 0.2) is 24.3 Å². The second-order valence-electron chi connectivity index (χ2n) is 2.67. The normalized spacial score (nSPS) is 13.1. The predicted octanol–water partition coefficient (Wildman–Crippen LogP) is 1.63. The number of hydrogen-bond donors (Lipinski definition) is 1. The van der Waals surface area contributed by atoms with Crippen molar-refractivity contribution in [3.05, 3.63) is 35.4 Å². The zero-order chi connectivity index (χ0) is 11.4. The number of ketones is 2. The van der Waals surface area contributed by atoms with Crippen molar-refractivity contribution in [1.29, 1.82) is 0 Å². The highest BCUT2D eigenvalue weighted by Crippen LogP contribution is 2.13. The molecule has 0 spiro atoms. The van der Waals surface area contributed by atoms with E-state index in [9.17, 15) is 9.59 Å². The van der Waals surface area contributed by atoms with Gasteiger partial charge in [0, 0.05) is 12.5 Å². The maximum absolute atomic E-state index is 11.4. The molecule has 1 rings (SSSR count). The fourth-order valence-corrected chi connectivity index (χ4v) is 1.19. The molecule has 3 nitrogen and oxygen atoms in total. The number of aliphatic hydroxyl groups excluding tert-OH is 1. The smallest absolute Gasteiger partial charge is 0.207 e. The average Bonchev–Trinajstić information content (AvgIpc) is 2.27. The molecule has 0 bridgehead atoms. The van der Waals surface area contributed by atoms with Crippen molar-refractivity contribution in [2.24, 2.45) is 0 Å². The molecule has 14 heavy (non-hydrogen) atoms. The Hall–Kier alpha value is -1.19. The molecule has 0 fully saturated rings. The van der Waals surface area contributed by atoms with Crippen LogP contribution in [0.25, 0.3) is 0 Å². The van der Waals surface area contributed by atoms with Gasteiger partial charge in [-0.2, -0.15) is 0 Å². The van der Waals surface area contributed by atoms with Gasteiger partial charge in [0.1, 0.15) is 0 Å². The molecule has 1 aromatic rings. The summed E-state index contributed by atoms with van der Waals surface area (Å²) >= 11 is 5.23. The van der Waals surface area contributed by atoms with Gasteiger partial charge >= 0.3 is 0 Å². The van der Waals surface area contributed by atoms with Gasteiger partial charge in [-0.05, 0) is 6.90 Å². The van der Waals surface area contributed by atoms with Crippen LogP contribution in [0.5, 0.6) is 0 Å². The van der Waals surface area contributed by atoms with Gasteiger partial charge in [0.25, 0.3) is 0 Å². The second kappa shape index (κ2) is 4.35. The Morgan fingerprint density at radius 2 is 2.00 bits per heavy atom. The lowest BCUT2D eigenvalue weighted by Crippen LogP contribution is -2.16. The highest BCUT2D eigenvalue weighted by molar-refractivity contribution is 6.33. The van der Waals surface area contributed by atoms with E-state index < -0.39 is 24.0 Å². The van der Waals surface area contributed by atoms with E-state index >= 15 is 0 Å². The highest BCUT2D eigenvalue weighted by atomic mass is 35.5. The lowest BCUT2D eigenvalue weighted by atomic mass is 10.0. The van der Waals surface area contributed by atoms with E-state index in [1.165, 1.54) is 12.1 Å². The monoisotopic (exact) mass is 213 g/mol. The van der Waals surface area contributed by atoms with Crippen LogP contribution in [0, 0.1) is 0 Å². The van der Waals surface area contributed by atoms with Crippen molar-refractivity contribution >= 4 is 23.2 Å². The summed E-state index contributed by atoms with van der Waals surface area (Å²) < 4.78 is 6.93. The van der Waals surface area contributed by atoms with Crippen LogP contribution in [0.4, 0.5) is 0 Å². The van der Waals surface area contributed by atoms with Crippen LogP contribution < -0.4 is 0 Å². The minimum atomic E-state index is -1.66. The minimum absolute atomic E-state index is 0.0530. The average molecular weight is 214 g/mol. The molecule has 0 amide bonds. The number of aliphatic hydroxyl groups is 1.